The van der Waals surface area contributed by atoms with E-state index in [4.69, 9.17) is 11.6 Å². The molecular formula is C14H11ClFNOS. The number of ketones is 1. The van der Waals surface area contributed by atoms with E-state index in [-0.39, 0.29) is 18.0 Å². The van der Waals surface area contributed by atoms with Crippen LogP contribution in [0.4, 0.5) is 4.39 Å². The van der Waals surface area contributed by atoms with E-state index in [1.54, 1.807) is 30.5 Å². The maximum Gasteiger partial charge on any atom is 0.147 e. The number of thioether (sulfide) groups is 1. The highest BCUT2D eigenvalue weighted by molar-refractivity contribution is 8.00. The minimum absolute atomic E-state index is 0.0540. The lowest BCUT2D eigenvalue weighted by atomic mass is 10.1. The number of nitrogens with zero attached hydrogens (tertiary/aromatic N) is 1. The molecule has 0 N–H and O–H groups in total. The predicted octanol–water partition coefficient (Wildman–Crippen LogP) is 3.78. The van der Waals surface area contributed by atoms with Gasteiger partial charge in [0.05, 0.1) is 10.8 Å². The third-order valence-corrected chi connectivity index (χ3v) is 3.89. The molecule has 2 aromatic rings. The van der Waals surface area contributed by atoms with Crippen molar-refractivity contribution in [1.82, 2.24) is 4.98 Å². The van der Waals surface area contributed by atoms with Crippen LogP contribution in [0.2, 0.25) is 5.02 Å². The van der Waals surface area contributed by atoms with Crippen molar-refractivity contribution in [3.8, 4) is 0 Å². The number of hydrogen-bond donors (Lipinski definition) is 0. The number of benzene rings is 1. The summed E-state index contributed by atoms with van der Waals surface area (Å²) in [6.07, 6.45) is 1.93. The lowest BCUT2D eigenvalue weighted by Crippen LogP contribution is -2.06. The molecule has 5 heteroatoms. The molecule has 0 aliphatic rings. The van der Waals surface area contributed by atoms with Gasteiger partial charge in [-0.05, 0) is 29.8 Å². The van der Waals surface area contributed by atoms with Gasteiger partial charge in [-0.3, -0.25) is 4.79 Å². The molecule has 0 atom stereocenters. The van der Waals surface area contributed by atoms with Gasteiger partial charge in [-0.2, -0.15) is 0 Å². The van der Waals surface area contributed by atoms with Crippen LogP contribution in [0.3, 0.4) is 0 Å². The van der Waals surface area contributed by atoms with Gasteiger partial charge >= 0.3 is 0 Å². The summed E-state index contributed by atoms with van der Waals surface area (Å²) in [5.41, 5.74) is 0.805. The van der Waals surface area contributed by atoms with Gasteiger partial charge in [-0.25, -0.2) is 9.37 Å². The van der Waals surface area contributed by atoms with E-state index in [9.17, 15) is 9.18 Å². The first kappa shape index (κ1) is 14.0. The molecule has 0 radical (unpaired) electrons. The summed E-state index contributed by atoms with van der Waals surface area (Å²) in [6, 6.07) is 9.42. The van der Waals surface area contributed by atoms with Crippen LogP contribution in [0.15, 0.2) is 47.6 Å². The zero-order chi connectivity index (χ0) is 13.7. The first-order valence-corrected chi connectivity index (χ1v) is 7.01. The fourth-order valence-corrected chi connectivity index (χ4v) is 2.53. The summed E-state index contributed by atoms with van der Waals surface area (Å²) in [6.45, 7) is 0. The van der Waals surface area contributed by atoms with Crippen LogP contribution >= 0.6 is 23.4 Å². The fourth-order valence-electron chi connectivity index (χ4n) is 1.51. The molecule has 0 fully saturated rings. The summed E-state index contributed by atoms with van der Waals surface area (Å²) in [5, 5.41) is 1.19. The van der Waals surface area contributed by atoms with Crippen LogP contribution in [0.1, 0.15) is 5.56 Å². The van der Waals surface area contributed by atoms with Gasteiger partial charge in [-0.15, -0.1) is 0 Å². The van der Waals surface area contributed by atoms with Crippen LogP contribution in [0.5, 0.6) is 0 Å². The third-order valence-electron chi connectivity index (χ3n) is 2.41. The summed E-state index contributed by atoms with van der Waals surface area (Å²) >= 11 is 7.26. The normalized spacial score (nSPS) is 10.4. The van der Waals surface area contributed by atoms with Gasteiger partial charge < -0.3 is 0 Å². The molecule has 2 nitrogen and oxygen atoms in total. The van der Waals surface area contributed by atoms with Crippen molar-refractivity contribution in [3.05, 3.63) is 59.0 Å². The minimum atomic E-state index is -0.300. The smallest absolute Gasteiger partial charge is 0.147 e. The van der Waals surface area contributed by atoms with Crippen molar-refractivity contribution in [3.63, 3.8) is 0 Å². The molecule has 0 bridgehead atoms. The second-order valence-electron chi connectivity index (χ2n) is 3.92. The van der Waals surface area contributed by atoms with E-state index in [0.717, 1.165) is 5.56 Å². The second-order valence-corrected chi connectivity index (χ2v) is 5.29. The van der Waals surface area contributed by atoms with Gasteiger partial charge in [0.25, 0.3) is 0 Å². The first-order chi connectivity index (χ1) is 9.15. The van der Waals surface area contributed by atoms with E-state index in [2.05, 4.69) is 4.98 Å². The van der Waals surface area contributed by atoms with Gasteiger partial charge in [-0.1, -0.05) is 35.5 Å². The van der Waals surface area contributed by atoms with E-state index >= 15 is 0 Å². The van der Waals surface area contributed by atoms with E-state index < -0.39 is 0 Å². The number of hydrogen-bond acceptors (Lipinski definition) is 3. The number of Topliss-reactive ketones (excluding diaryl/α,β-unsaturated/α-hetero) is 1. The molecule has 1 heterocycles. The number of halogens is 2. The maximum absolute atomic E-state index is 12.7. The van der Waals surface area contributed by atoms with Crippen molar-refractivity contribution >= 4 is 29.1 Å². The van der Waals surface area contributed by atoms with Gasteiger partial charge in [0.15, 0.2) is 0 Å². The zero-order valence-electron chi connectivity index (χ0n) is 9.98. The van der Waals surface area contributed by atoms with E-state index in [1.165, 1.54) is 23.9 Å². The average Bonchev–Trinajstić information content (AvgIpc) is 2.40. The Morgan fingerprint density at radius 3 is 2.68 bits per heavy atom. The number of pyridine rings is 1. The van der Waals surface area contributed by atoms with Crippen LogP contribution in [-0.4, -0.2) is 16.5 Å². The zero-order valence-corrected chi connectivity index (χ0v) is 11.5. The Labute approximate surface area is 120 Å². The van der Waals surface area contributed by atoms with Gasteiger partial charge in [0.2, 0.25) is 0 Å². The number of carbonyl (C=O) groups is 1. The van der Waals surface area contributed by atoms with Crippen molar-refractivity contribution in [2.75, 3.05) is 5.75 Å². The predicted molar refractivity (Wildman–Crippen MR) is 75.1 cm³/mol. The van der Waals surface area contributed by atoms with Gasteiger partial charge in [0.1, 0.15) is 16.6 Å². The largest absolute Gasteiger partial charge is 0.298 e. The second kappa shape index (κ2) is 6.68. The number of carbonyl (C=O) groups excluding carboxylic acids is 1. The Bertz CT molecular complexity index is 574. The monoisotopic (exact) mass is 295 g/mol. The molecule has 98 valence electrons. The highest BCUT2D eigenvalue weighted by Crippen LogP contribution is 2.24. The highest BCUT2D eigenvalue weighted by Gasteiger charge is 2.07. The van der Waals surface area contributed by atoms with Crippen LogP contribution < -0.4 is 0 Å². The number of rotatable bonds is 5. The van der Waals surface area contributed by atoms with Crippen molar-refractivity contribution < 1.29 is 9.18 Å². The molecule has 0 unspecified atom stereocenters. The topological polar surface area (TPSA) is 30.0 Å². The summed E-state index contributed by atoms with van der Waals surface area (Å²) in [5.74, 6) is 0.0536. The molecule has 0 aliphatic heterocycles. The molecule has 0 spiro atoms. The van der Waals surface area contributed by atoms with Gasteiger partial charge in [0, 0.05) is 12.6 Å². The molecule has 19 heavy (non-hydrogen) atoms. The van der Waals surface area contributed by atoms with Crippen molar-refractivity contribution in [1.29, 1.82) is 0 Å². The lowest BCUT2D eigenvalue weighted by molar-refractivity contribution is -0.116. The third kappa shape index (κ3) is 4.33. The molecule has 0 aliphatic carbocycles. The SMILES string of the molecule is O=C(CSc1ncccc1Cl)Cc1ccc(F)cc1. The Morgan fingerprint density at radius 2 is 2.00 bits per heavy atom. The molecular weight excluding hydrogens is 285 g/mol. The Hall–Kier alpha value is -1.39. The highest BCUT2D eigenvalue weighted by atomic mass is 35.5. The Kier molecular flexibility index (Phi) is 4.93. The standard InChI is InChI=1S/C14H11ClFNOS/c15-13-2-1-7-17-14(13)19-9-12(18)8-10-3-5-11(16)6-4-10/h1-7H,8-9H2. The quantitative estimate of drug-likeness (QED) is 0.786. The lowest BCUT2D eigenvalue weighted by Gasteiger charge is -2.03. The molecule has 1 aromatic heterocycles. The molecule has 0 saturated heterocycles. The fraction of sp³-hybridized carbons (Fsp3) is 0.143. The Balaban J connectivity index is 1.88. The number of aromatic nitrogens is 1. The molecule has 2 rings (SSSR count). The maximum atomic E-state index is 12.7. The summed E-state index contributed by atoms with van der Waals surface area (Å²) in [7, 11) is 0. The first-order valence-electron chi connectivity index (χ1n) is 5.64. The van der Waals surface area contributed by atoms with Crippen LogP contribution in [0, 0.1) is 5.82 Å². The molecule has 1 aromatic carbocycles. The van der Waals surface area contributed by atoms with E-state index in [0.29, 0.717) is 15.8 Å². The molecule has 0 amide bonds. The summed E-state index contributed by atoms with van der Waals surface area (Å²) in [4.78, 5) is 15.9. The van der Waals surface area contributed by atoms with Crippen LogP contribution in [-0.2, 0) is 11.2 Å². The summed E-state index contributed by atoms with van der Waals surface area (Å²) < 4.78 is 12.7. The average molecular weight is 296 g/mol. The van der Waals surface area contributed by atoms with E-state index in [1.807, 2.05) is 0 Å². The Morgan fingerprint density at radius 1 is 1.26 bits per heavy atom. The minimum Gasteiger partial charge on any atom is -0.298 e. The molecule has 0 saturated carbocycles. The van der Waals surface area contributed by atoms with Crippen molar-refractivity contribution in [2.24, 2.45) is 0 Å². The van der Waals surface area contributed by atoms with Crippen molar-refractivity contribution in [2.45, 2.75) is 11.4 Å². The van der Waals surface area contributed by atoms with Crippen LogP contribution in [0.25, 0.3) is 0 Å².